The molecule has 0 saturated carbocycles. The first-order valence-corrected chi connectivity index (χ1v) is 28.7. The van der Waals surface area contributed by atoms with Crippen LogP contribution in [0, 0.1) is 11.8 Å². The molecule has 476 valence electrons. The molecule has 0 bridgehead atoms. The van der Waals surface area contributed by atoms with Crippen LogP contribution in [0.4, 0.5) is 0 Å². The van der Waals surface area contributed by atoms with Gasteiger partial charge < -0.3 is 108 Å². The first-order chi connectivity index (χ1) is 38.9. The maximum atomic E-state index is 14.5. The van der Waals surface area contributed by atoms with Crippen LogP contribution in [-0.4, -0.2) is 234 Å². The normalized spacial score (nSPS) is 46.4. The average Bonchev–Trinajstić information content (AvgIpc) is 1.93. The third-order valence-electron chi connectivity index (χ3n) is 16.8. The molecule has 5 rings (SSSR count). The van der Waals surface area contributed by atoms with Gasteiger partial charge in [-0.15, -0.1) is 0 Å². The van der Waals surface area contributed by atoms with Crippen LogP contribution < -0.4 is 0 Å². The van der Waals surface area contributed by atoms with Crippen molar-refractivity contribution in [2.75, 3.05) is 48.8 Å². The molecule has 5 unspecified atom stereocenters. The number of rotatable bonds is 17. The monoisotopic (exact) mass is 1190 g/mol. The third-order valence-corrected chi connectivity index (χ3v) is 16.8. The molecule has 24 atom stereocenters. The molecule has 0 aliphatic carbocycles. The van der Waals surface area contributed by atoms with Crippen LogP contribution in [-0.2, 0) is 66.4 Å². The predicted molar refractivity (Wildman–Crippen MR) is 300 cm³/mol. The Morgan fingerprint density at radius 1 is 0.735 bits per heavy atom. The molecule has 4 saturated heterocycles. The number of aliphatic hydroxyl groups excluding tert-OH is 7. The summed E-state index contributed by atoms with van der Waals surface area (Å²) in [7, 11) is 6.97. The number of hydrogen-bond donors (Lipinski definition) is 9. The van der Waals surface area contributed by atoms with E-state index in [1.807, 2.05) is 32.9 Å². The van der Waals surface area contributed by atoms with Gasteiger partial charge in [0.05, 0.1) is 74.1 Å². The SMILES string of the molecule is COCCC[C@H]1O[C@@](O)([C@H](C)C2CC(OC)C(O)/C=C(C)/C=C(C)/C=C(\C)C(O[C@H]3O[C@H](C)[C@@H](OC)[C@H](O)[C@H]3O)C(C)\C=C(CO)/C=C(OC)\C=C(/C)C(=O)O2)[C@H](OC)[C@@H](O)[C@]1(C)O[C@H]1C[C@H](O)[C@H](O[C@H]2C[C@@](C)(O)[C@H](O)[C@@H](C)O2)[C@@H](C)O1. The fourth-order valence-electron chi connectivity index (χ4n) is 12.0. The van der Waals surface area contributed by atoms with E-state index in [0.717, 1.165) is 5.57 Å². The van der Waals surface area contributed by atoms with E-state index in [4.69, 9.17) is 61.6 Å². The minimum atomic E-state index is -2.46. The fraction of sp³-hybridized carbons (Fsp3) is 0.783. The second-order valence-corrected chi connectivity index (χ2v) is 23.6. The van der Waals surface area contributed by atoms with Crippen molar-refractivity contribution in [2.24, 2.45) is 11.8 Å². The molecule has 23 nitrogen and oxygen atoms in total. The zero-order valence-electron chi connectivity index (χ0n) is 51.3. The number of carbonyl (C=O) groups excluding carboxylic acids is 1. The van der Waals surface area contributed by atoms with Crippen LogP contribution in [0.1, 0.15) is 108 Å². The van der Waals surface area contributed by atoms with Crippen molar-refractivity contribution in [1.82, 2.24) is 0 Å². The lowest BCUT2D eigenvalue weighted by atomic mass is 9.75. The molecule has 0 aromatic carbocycles. The van der Waals surface area contributed by atoms with Gasteiger partial charge in [0.2, 0.25) is 5.79 Å². The Morgan fingerprint density at radius 2 is 1.40 bits per heavy atom. The van der Waals surface area contributed by atoms with Gasteiger partial charge in [-0.25, -0.2) is 4.79 Å². The Kier molecular flexibility index (Phi) is 26.1. The molecule has 0 aromatic rings. The Bertz CT molecular complexity index is 2270. The number of ether oxygens (including phenoxy) is 13. The topological polar surface area (TPSA) is 319 Å². The van der Waals surface area contributed by atoms with Crippen molar-refractivity contribution in [3.05, 3.63) is 70.1 Å². The molecular weight excluding hydrogens is 1090 g/mol. The quantitative estimate of drug-likeness (QED) is 0.0747. The Labute approximate surface area is 489 Å². The molecule has 9 N–H and O–H groups in total. The molecule has 23 heteroatoms. The summed E-state index contributed by atoms with van der Waals surface area (Å²) in [5.74, 6) is -4.99. The van der Waals surface area contributed by atoms with Gasteiger partial charge in [0, 0.05) is 65.8 Å². The summed E-state index contributed by atoms with van der Waals surface area (Å²) < 4.78 is 78.8. The highest BCUT2D eigenvalue weighted by molar-refractivity contribution is 5.88. The van der Waals surface area contributed by atoms with Crippen LogP contribution >= 0.6 is 0 Å². The number of methoxy groups -OCH3 is 5. The van der Waals surface area contributed by atoms with E-state index in [2.05, 4.69) is 0 Å². The van der Waals surface area contributed by atoms with Crippen LogP contribution in [0.25, 0.3) is 0 Å². The highest BCUT2D eigenvalue weighted by Gasteiger charge is 2.64. The maximum Gasteiger partial charge on any atom is 0.334 e. The van der Waals surface area contributed by atoms with E-state index in [0.29, 0.717) is 23.1 Å². The summed E-state index contributed by atoms with van der Waals surface area (Å²) >= 11 is 0. The summed E-state index contributed by atoms with van der Waals surface area (Å²) in [6, 6.07) is 0. The van der Waals surface area contributed by atoms with Crippen molar-refractivity contribution in [2.45, 2.75) is 242 Å². The summed E-state index contributed by atoms with van der Waals surface area (Å²) in [5, 5.41) is 103. The van der Waals surface area contributed by atoms with Gasteiger partial charge in [-0.1, -0.05) is 49.3 Å². The van der Waals surface area contributed by atoms with Crippen molar-refractivity contribution in [3.8, 4) is 0 Å². The molecule has 5 aliphatic heterocycles. The zero-order chi connectivity index (χ0) is 62.1. The molecule has 0 aromatic heterocycles. The van der Waals surface area contributed by atoms with Gasteiger partial charge in [-0.3, -0.25) is 0 Å². The average molecular weight is 1190 g/mol. The van der Waals surface area contributed by atoms with E-state index in [-0.39, 0.29) is 43.6 Å². The Morgan fingerprint density at radius 3 is 1.99 bits per heavy atom. The van der Waals surface area contributed by atoms with Crippen molar-refractivity contribution in [3.63, 3.8) is 0 Å². The molecule has 5 heterocycles. The molecule has 4 fully saturated rings. The molecule has 0 spiro atoms. The van der Waals surface area contributed by atoms with Gasteiger partial charge in [-0.05, 0) is 98.5 Å². The van der Waals surface area contributed by atoms with Crippen LogP contribution in [0.2, 0.25) is 0 Å². The second-order valence-electron chi connectivity index (χ2n) is 23.6. The Balaban J connectivity index is 1.51. The van der Waals surface area contributed by atoms with E-state index in [1.165, 1.54) is 61.5 Å². The standard InChI is InChI=1S/C60H98O23/c1-30-20-31(2)22-41(62)44(73-14)27-43(79-56(68)34(5)24-40(72-13)25-39(29-61)23-33(4)50(32(3)21-30)81-57-49(65)48(64)52(74-15)37(8)78-57)35(6)60(70)55(75-16)54(67)59(11,45(82-60)18-17-19-71-12)83-46-26-42(63)51(36(7)76-46)80-47-28-58(10,69)53(66)38(9)77-47/h20-25,33,35-38,41-55,57,61-67,69-70H,17-19,26-29H2,1-16H3/b30-20+,31-22+,32-21+,34-24+,39-23+,40-25+/t33?,35-,36-,37-,38-,41?,42+,43?,44?,45-,46+,47+,48-,49-,50?,51-,52-,53-,54-,55-,57-,58-,59-,60+/m1/s1. The first-order valence-electron chi connectivity index (χ1n) is 28.7. The molecule has 5 aliphatic rings. The lowest BCUT2D eigenvalue weighted by Crippen LogP contribution is -2.74. The smallest absolute Gasteiger partial charge is 0.334 e. The van der Waals surface area contributed by atoms with Crippen molar-refractivity contribution < 1.29 is 112 Å². The number of esters is 1. The van der Waals surface area contributed by atoms with Crippen LogP contribution in [0.3, 0.4) is 0 Å². The summed E-state index contributed by atoms with van der Waals surface area (Å²) in [4.78, 5) is 14.5. The number of hydrogen-bond acceptors (Lipinski definition) is 23. The maximum absolute atomic E-state index is 14.5. The summed E-state index contributed by atoms with van der Waals surface area (Å²) in [6.07, 6.45) is -11.5. The molecular formula is C60H98O23. The van der Waals surface area contributed by atoms with E-state index in [1.54, 1.807) is 53.7 Å². The number of cyclic esters (lactones) is 1. The predicted octanol–water partition coefficient (Wildman–Crippen LogP) is 2.84. The highest BCUT2D eigenvalue weighted by atomic mass is 16.7. The number of allylic oxidation sites excluding steroid dienone is 5. The minimum Gasteiger partial charge on any atom is -0.497 e. The lowest BCUT2D eigenvalue weighted by molar-refractivity contribution is -0.416. The zero-order valence-corrected chi connectivity index (χ0v) is 51.3. The van der Waals surface area contributed by atoms with E-state index < -0.39 is 158 Å². The van der Waals surface area contributed by atoms with Crippen LogP contribution in [0.5, 0.6) is 0 Å². The Hall–Kier alpha value is -3.09. The fourth-order valence-corrected chi connectivity index (χ4v) is 12.0. The van der Waals surface area contributed by atoms with Crippen molar-refractivity contribution >= 4 is 5.97 Å². The summed E-state index contributed by atoms with van der Waals surface area (Å²) in [5.41, 5.74) is -0.823. The van der Waals surface area contributed by atoms with Crippen LogP contribution in [0.15, 0.2) is 70.1 Å². The number of carbonyl (C=O) groups is 1. The van der Waals surface area contributed by atoms with Gasteiger partial charge in [0.25, 0.3) is 0 Å². The second kappa shape index (κ2) is 30.7. The molecule has 0 radical (unpaired) electrons. The molecule has 83 heavy (non-hydrogen) atoms. The molecule has 0 amide bonds. The van der Waals surface area contributed by atoms with Gasteiger partial charge in [0.1, 0.15) is 60.2 Å². The van der Waals surface area contributed by atoms with E-state index in [9.17, 15) is 50.8 Å². The lowest BCUT2D eigenvalue weighted by Gasteiger charge is -2.57. The van der Waals surface area contributed by atoms with E-state index >= 15 is 0 Å². The highest BCUT2D eigenvalue weighted by Crippen LogP contribution is 2.47. The first kappa shape index (κ1) is 70.7. The van der Waals surface area contributed by atoms with Gasteiger partial charge in [0.15, 0.2) is 18.9 Å². The van der Waals surface area contributed by atoms with Gasteiger partial charge in [-0.2, -0.15) is 0 Å². The number of aliphatic hydroxyl groups is 9. The van der Waals surface area contributed by atoms with Crippen molar-refractivity contribution in [1.29, 1.82) is 0 Å². The minimum absolute atomic E-state index is 0.0210. The largest absolute Gasteiger partial charge is 0.497 e. The summed E-state index contributed by atoms with van der Waals surface area (Å²) in [6.45, 7) is 18.2. The third kappa shape index (κ3) is 17.2. The van der Waals surface area contributed by atoms with Gasteiger partial charge >= 0.3 is 5.97 Å².